The highest BCUT2D eigenvalue weighted by Crippen LogP contribution is 2.25. The van der Waals surface area contributed by atoms with Crippen molar-refractivity contribution in [1.82, 2.24) is 9.97 Å². The molecule has 0 aliphatic heterocycles. The molecule has 2 aromatic rings. The predicted molar refractivity (Wildman–Crippen MR) is 99.6 cm³/mol. The molecule has 0 spiro atoms. The number of carbonyl (C=O) groups is 1. The molecule has 7 heteroatoms. The Morgan fingerprint density at radius 3 is 2.12 bits per heavy atom. The van der Waals surface area contributed by atoms with Crippen LogP contribution < -0.4 is 14.8 Å². The molecule has 2 rings (SSSR count). The summed E-state index contributed by atoms with van der Waals surface area (Å²) in [5.41, 5.74) is 1.38. The largest absolute Gasteiger partial charge is 0.481 e. The monoisotopic (exact) mass is 361 g/mol. The Labute approximate surface area is 152 Å². The van der Waals surface area contributed by atoms with E-state index in [0.717, 1.165) is 4.90 Å². The molecular weight excluding hydrogens is 338 g/mol. The van der Waals surface area contributed by atoms with Crippen molar-refractivity contribution in [3.8, 4) is 11.8 Å². The van der Waals surface area contributed by atoms with Crippen LogP contribution in [0.25, 0.3) is 0 Å². The number of nitrogens with one attached hydrogen (secondary N) is 1. The van der Waals surface area contributed by atoms with E-state index in [1.165, 1.54) is 31.5 Å². The minimum Gasteiger partial charge on any atom is -0.481 e. The summed E-state index contributed by atoms with van der Waals surface area (Å²) in [6.07, 6.45) is 0. The Hall–Kier alpha value is -2.28. The zero-order valence-electron chi connectivity index (χ0n) is 15.1. The first-order chi connectivity index (χ1) is 11.8. The van der Waals surface area contributed by atoms with Crippen LogP contribution in [0.5, 0.6) is 11.8 Å². The topological polar surface area (TPSA) is 73.3 Å². The van der Waals surface area contributed by atoms with Gasteiger partial charge in [-0.15, -0.1) is 11.8 Å². The highest BCUT2D eigenvalue weighted by molar-refractivity contribution is 8.00. The molecule has 0 fully saturated rings. The van der Waals surface area contributed by atoms with E-state index in [1.807, 2.05) is 12.1 Å². The highest BCUT2D eigenvalue weighted by Gasteiger charge is 2.13. The average molecular weight is 361 g/mol. The smallest absolute Gasteiger partial charge is 0.237 e. The van der Waals surface area contributed by atoms with Crippen LogP contribution in [0.4, 0.5) is 5.95 Å². The van der Waals surface area contributed by atoms with Crippen molar-refractivity contribution in [2.45, 2.75) is 31.1 Å². The first kappa shape index (κ1) is 19.1. The summed E-state index contributed by atoms with van der Waals surface area (Å²) >= 11 is 1.46. The van der Waals surface area contributed by atoms with Crippen LogP contribution >= 0.6 is 11.8 Å². The van der Waals surface area contributed by atoms with Crippen LogP contribution in [-0.4, -0.2) is 35.8 Å². The second kappa shape index (κ2) is 8.20. The Balaban J connectivity index is 1.95. The number of ether oxygens (including phenoxy) is 2. The van der Waals surface area contributed by atoms with Crippen LogP contribution in [0.1, 0.15) is 26.3 Å². The first-order valence-corrected chi connectivity index (χ1v) is 8.80. The van der Waals surface area contributed by atoms with Gasteiger partial charge in [-0.05, 0) is 23.1 Å². The van der Waals surface area contributed by atoms with E-state index < -0.39 is 0 Å². The van der Waals surface area contributed by atoms with E-state index in [9.17, 15) is 4.79 Å². The molecule has 0 saturated heterocycles. The van der Waals surface area contributed by atoms with Crippen LogP contribution in [0, 0.1) is 0 Å². The third-order valence-corrected chi connectivity index (χ3v) is 4.45. The van der Waals surface area contributed by atoms with Crippen molar-refractivity contribution < 1.29 is 14.3 Å². The van der Waals surface area contributed by atoms with E-state index in [0.29, 0.717) is 11.8 Å². The maximum atomic E-state index is 12.1. The second-order valence-corrected chi connectivity index (χ2v) is 7.44. The van der Waals surface area contributed by atoms with Gasteiger partial charge in [-0.2, -0.15) is 9.97 Å². The summed E-state index contributed by atoms with van der Waals surface area (Å²) in [6.45, 7) is 6.51. The number of amides is 1. The quantitative estimate of drug-likeness (QED) is 0.794. The lowest BCUT2D eigenvalue weighted by molar-refractivity contribution is -0.113. The van der Waals surface area contributed by atoms with Crippen LogP contribution in [0.3, 0.4) is 0 Å². The molecule has 0 aliphatic carbocycles. The van der Waals surface area contributed by atoms with Gasteiger partial charge in [-0.1, -0.05) is 32.9 Å². The van der Waals surface area contributed by atoms with Crippen LogP contribution in [0.2, 0.25) is 0 Å². The van der Waals surface area contributed by atoms with Crippen molar-refractivity contribution in [1.29, 1.82) is 0 Å². The maximum absolute atomic E-state index is 12.1. The van der Waals surface area contributed by atoms with E-state index in [-0.39, 0.29) is 23.0 Å². The van der Waals surface area contributed by atoms with Gasteiger partial charge in [0.25, 0.3) is 0 Å². The minimum absolute atomic E-state index is 0.114. The third kappa shape index (κ3) is 5.63. The molecule has 6 nitrogen and oxygen atoms in total. The Morgan fingerprint density at radius 2 is 1.64 bits per heavy atom. The molecule has 1 heterocycles. The van der Waals surface area contributed by atoms with E-state index >= 15 is 0 Å². The van der Waals surface area contributed by atoms with Gasteiger partial charge >= 0.3 is 0 Å². The lowest BCUT2D eigenvalue weighted by Crippen LogP contribution is -2.16. The fourth-order valence-corrected chi connectivity index (χ4v) is 2.73. The van der Waals surface area contributed by atoms with Gasteiger partial charge in [0.1, 0.15) is 0 Å². The highest BCUT2D eigenvalue weighted by atomic mass is 32.2. The number of hydrogen-bond acceptors (Lipinski definition) is 6. The molecule has 0 bridgehead atoms. The number of thioether (sulfide) groups is 1. The van der Waals surface area contributed by atoms with Crippen molar-refractivity contribution in [2.24, 2.45) is 0 Å². The number of hydrogen-bond donors (Lipinski definition) is 1. The lowest BCUT2D eigenvalue weighted by Gasteiger charge is -2.19. The Bertz CT molecular complexity index is 705. The van der Waals surface area contributed by atoms with Crippen LogP contribution in [0.15, 0.2) is 35.2 Å². The molecule has 0 atom stereocenters. The summed E-state index contributed by atoms with van der Waals surface area (Å²) < 4.78 is 10.1. The fourth-order valence-electron chi connectivity index (χ4n) is 2.03. The molecule has 1 aromatic heterocycles. The van der Waals surface area contributed by atoms with Crippen LogP contribution in [-0.2, 0) is 10.2 Å². The van der Waals surface area contributed by atoms with Gasteiger partial charge in [-0.3, -0.25) is 10.1 Å². The zero-order chi connectivity index (χ0) is 18.4. The molecule has 1 aromatic carbocycles. The van der Waals surface area contributed by atoms with Gasteiger partial charge in [-0.25, -0.2) is 0 Å². The van der Waals surface area contributed by atoms with Crippen molar-refractivity contribution in [3.05, 3.63) is 35.9 Å². The predicted octanol–water partition coefficient (Wildman–Crippen LogP) is 3.52. The standard InChI is InChI=1S/C18H23N3O3S/c1-18(2,3)12-6-8-13(9-7-12)25-11-14(22)19-17-20-15(23-4)10-16(21-17)24-5/h6-10H,11H2,1-5H3,(H,19,20,21,22). The molecule has 1 N–H and O–H groups in total. The maximum Gasteiger partial charge on any atom is 0.237 e. The Morgan fingerprint density at radius 1 is 1.08 bits per heavy atom. The normalized spacial score (nSPS) is 11.1. The molecule has 134 valence electrons. The fraction of sp³-hybridized carbons (Fsp3) is 0.389. The van der Waals surface area contributed by atoms with Crippen molar-refractivity contribution >= 4 is 23.6 Å². The minimum atomic E-state index is -0.194. The first-order valence-electron chi connectivity index (χ1n) is 7.82. The number of methoxy groups -OCH3 is 2. The number of aromatic nitrogens is 2. The third-order valence-electron chi connectivity index (χ3n) is 3.44. The SMILES string of the molecule is COc1cc(OC)nc(NC(=O)CSc2ccc(C(C)(C)C)cc2)n1. The average Bonchev–Trinajstić information content (AvgIpc) is 2.59. The molecular formula is C18H23N3O3S. The van der Waals surface area contributed by atoms with E-state index in [1.54, 1.807) is 6.07 Å². The summed E-state index contributed by atoms with van der Waals surface area (Å²) in [7, 11) is 2.98. The van der Waals surface area contributed by atoms with Crippen molar-refractivity contribution in [2.75, 3.05) is 25.3 Å². The number of carbonyl (C=O) groups excluding carboxylic acids is 1. The number of anilines is 1. The van der Waals surface area contributed by atoms with E-state index in [4.69, 9.17) is 9.47 Å². The summed E-state index contributed by atoms with van der Waals surface area (Å²) in [5, 5.41) is 2.66. The second-order valence-electron chi connectivity index (χ2n) is 6.39. The van der Waals surface area contributed by atoms with Gasteiger partial charge in [0.2, 0.25) is 23.6 Å². The number of rotatable bonds is 6. The zero-order valence-corrected chi connectivity index (χ0v) is 15.9. The number of nitrogens with zero attached hydrogens (tertiary/aromatic N) is 2. The number of benzene rings is 1. The van der Waals surface area contributed by atoms with Gasteiger partial charge < -0.3 is 9.47 Å². The molecule has 0 saturated carbocycles. The molecule has 0 aliphatic rings. The summed E-state index contributed by atoms with van der Waals surface area (Å²) in [4.78, 5) is 21.3. The molecule has 0 unspecified atom stereocenters. The van der Waals surface area contributed by atoms with Gasteiger partial charge in [0, 0.05) is 4.90 Å². The van der Waals surface area contributed by atoms with Gasteiger partial charge in [0.15, 0.2) is 0 Å². The molecule has 1 amide bonds. The summed E-state index contributed by atoms with van der Waals surface area (Å²) in [5.74, 6) is 0.878. The molecule has 0 radical (unpaired) electrons. The van der Waals surface area contributed by atoms with E-state index in [2.05, 4.69) is 48.2 Å². The molecule has 25 heavy (non-hydrogen) atoms. The van der Waals surface area contributed by atoms with Crippen molar-refractivity contribution in [3.63, 3.8) is 0 Å². The Kier molecular flexibility index (Phi) is 6.25. The van der Waals surface area contributed by atoms with Gasteiger partial charge in [0.05, 0.1) is 26.0 Å². The summed E-state index contributed by atoms with van der Waals surface area (Å²) in [6, 6.07) is 9.79. The lowest BCUT2D eigenvalue weighted by atomic mass is 9.87.